The molecule has 3 nitrogen and oxygen atoms in total. The topological polar surface area (TPSA) is 41.5 Å². The molecule has 0 radical (unpaired) electrons. The maximum Gasteiger partial charge on any atom is 0.0698 e. The Balaban J connectivity index is 3.02. The highest BCUT2D eigenvalue weighted by Gasteiger charge is 2.06. The lowest BCUT2D eigenvalue weighted by molar-refractivity contribution is 0.0910. The second-order valence-electron chi connectivity index (χ2n) is 3.51. The van der Waals surface area contributed by atoms with Crippen molar-refractivity contribution < 1.29 is 9.84 Å². The third kappa shape index (κ3) is 9.88. The minimum absolute atomic E-state index is 0.107. The van der Waals surface area contributed by atoms with E-state index in [1.165, 1.54) is 0 Å². The average Bonchev–Trinajstić information content (AvgIpc) is 1.85. The first-order valence-corrected chi connectivity index (χ1v) is 4.00. The molecule has 0 bridgehead atoms. The molecule has 0 aromatic rings. The van der Waals surface area contributed by atoms with E-state index in [1.807, 2.05) is 0 Å². The normalized spacial score (nSPS) is 12.0. The number of hydrogen-bond donors (Lipinski definition) is 2. The number of aliphatic hydroxyl groups excluding tert-OH is 1. The van der Waals surface area contributed by atoms with Gasteiger partial charge in [0.25, 0.3) is 0 Å². The van der Waals surface area contributed by atoms with E-state index in [-0.39, 0.29) is 12.1 Å². The van der Waals surface area contributed by atoms with Crippen LogP contribution in [0.3, 0.4) is 0 Å². The molecule has 0 aliphatic heterocycles. The minimum Gasteiger partial charge on any atom is -0.394 e. The van der Waals surface area contributed by atoms with E-state index in [0.717, 1.165) is 6.54 Å². The molecule has 0 unspecified atom stereocenters. The molecule has 0 saturated carbocycles. The van der Waals surface area contributed by atoms with Crippen LogP contribution in [0.2, 0.25) is 0 Å². The van der Waals surface area contributed by atoms with Crippen molar-refractivity contribution in [3.05, 3.63) is 0 Å². The summed E-state index contributed by atoms with van der Waals surface area (Å²) >= 11 is 0. The van der Waals surface area contributed by atoms with Crippen LogP contribution in [-0.4, -0.2) is 37.0 Å². The first kappa shape index (κ1) is 10.9. The van der Waals surface area contributed by atoms with E-state index in [4.69, 9.17) is 9.84 Å². The highest BCUT2D eigenvalue weighted by atomic mass is 16.5. The predicted octanol–water partition coefficient (Wildman–Crippen LogP) is 0.383. The lowest BCUT2D eigenvalue weighted by Crippen LogP contribution is -2.38. The second kappa shape index (κ2) is 5.52. The van der Waals surface area contributed by atoms with Gasteiger partial charge in [-0.3, -0.25) is 0 Å². The van der Waals surface area contributed by atoms with Gasteiger partial charge in [0, 0.05) is 12.1 Å². The molecular weight excluding hydrogens is 142 g/mol. The van der Waals surface area contributed by atoms with E-state index in [1.54, 1.807) is 0 Å². The highest BCUT2D eigenvalue weighted by molar-refractivity contribution is 4.69. The lowest BCUT2D eigenvalue weighted by atomic mass is 10.1. The Morgan fingerprint density at radius 1 is 1.27 bits per heavy atom. The molecule has 11 heavy (non-hydrogen) atoms. The summed E-state index contributed by atoms with van der Waals surface area (Å²) in [6.45, 7) is 8.37. The SMILES string of the molecule is CC(C)(C)NCCOCCO. The van der Waals surface area contributed by atoms with Crippen molar-refractivity contribution in [1.29, 1.82) is 0 Å². The smallest absolute Gasteiger partial charge is 0.0698 e. The fourth-order valence-corrected chi connectivity index (χ4v) is 0.665. The van der Waals surface area contributed by atoms with Crippen LogP contribution in [0.15, 0.2) is 0 Å². The van der Waals surface area contributed by atoms with Crippen molar-refractivity contribution in [3.8, 4) is 0 Å². The molecule has 0 aromatic heterocycles. The zero-order valence-corrected chi connectivity index (χ0v) is 7.68. The van der Waals surface area contributed by atoms with E-state index in [2.05, 4.69) is 26.1 Å². The number of aliphatic hydroxyl groups is 1. The van der Waals surface area contributed by atoms with Gasteiger partial charge in [-0.05, 0) is 20.8 Å². The molecule has 3 heteroatoms. The van der Waals surface area contributed by atoms with Gasteiger partial charge >= 0.3 is 0 Å². The molecule has 0 spiro atoms. The van der Waals surface area contributed by atoms with Gasteiger partial charge in [-0.25, -0.2) is 0 Å². The molecule has 0 aliphatic carbocycles. The Hall–Kier alpha value is -0.120. The van der Waals surface area contributed by atoms with E-state index in [9.17, 15) is 0 Å². The van der Waals surface area contributed by atoms with Gasteiger partial charge in [-0.2, -0.15) is 0 Å². The zero-order valence-electron chi connectivity index (χ0n) is 7.68. The van der Waals surface area contributed by atoms with Gasteiger partial charge in [0.15, 0.2) is 0 Å². The van der Waals surface area contributed by atoms with Crippen molar-refractivity contribution in [3.63, 3.8) is 0 Å². The summed E-state index contributed by atoms with van der Waals surface area (Å²) in [5, 5.41) is 11.7. The van der Waals surface area contributed by atoms with Crippen molar-refractivity contribution >= 4 is 0 Å². The lowest BCUT2D eigenvalue weighted by Gasteiger charge is -2.20. The van der Waals surface area contributed by atoms with Crippen LogP contribution in [0.5, 0.6) is 0 Å². The molecule has 0 heterocycles. The summed E-state index contributed by atoms with van der Waals surface area (Å²) in [6, 6.07) is 0. The van der Waals surface area contributed by atoms with Crippen molar-refractivity contribution in [1.82, 2.24) is 5.32 Å². The Kier molecular flexibility index (Phi) is 5.46. The Bertz CT molecular complexity index is 88.6. The van der Waals surface area contributed by atoms with Crippen LogP contribution in [0.25, 0.3) is 0 Å². The van der Waals surface area contributed by atoms with E-state index >= 15 is 0 Å². The van der Waals surface area contributed by atoms with Gasteiger partial charge in [-0.15, -0.1) is 0 Å². The first-order valence-electron chi connectivity index (χ1n) is 4.00. The summed E-state index contributed by atoms with van der Waals surface area (Å²) in [6.07, 6.45) is 0. The summed E-state index contributed by atoms with van der Waals surface area (Å²) in [5.74, 6) is 0. The number of nitrogens with one attached hydrogen (secondary N) is 1. The zero-order chi connectivity index (χ0) is 8.74. The van der Waals surface area contributed by atoms with Crippen molar-refractivity contribution in [2.24, 2.45) is 0 Å². The van der Waals surface area contributed by atoms with Crippen molar-refractivity contribution in [2.45, 2.75) is 26.3 Å². The van der Waals surface area contributed by atoms with E-state index in [0.29, 0.717) is 13.2 Å². The number of ether oxygens (including phenoxy) is 1. The van der Waals surface area contributed by atoms with Crippen LogP contribution in [0, 0.1) is 0 Å². The molecule has 0 amide bonds. The molecule has 0 fully saturated rings. The molecule has 0 atom stereocenters. The summed E-state index contributed by atoms with van der Waals surface area (Å²) in [7, 11) is 0. The fraction of sp³-hybridized carbons (Fsp3) is 1.00. The predicted molar refractivity (Wildman–Crippen MR) is 45.7 cm³/mol. The standard InChI is InChI=1S/C8H19NO2/c1-8(2,3)9-4-6-11-7-5-10/h9-10H,4-7H2,1-3H3. The van der Waals surface area contributed by atoms with Gasteiger partial charge < -0.3 is 15.2 Å². The maximum absolute atomic E-state index is 8.38. The third-order valence-electron chi connectivity index (χ3n) is 1.14. The summed E-state index contributed by atoms with van der Waals surface area (Å²) in [4.78, 5) is 0. The van der Waals surface area contributed by atoms with Crippen LogP contribution in [-0.2, 0) is 4.74 Å². The van der Waals surface area contributed by atoms with Gasteiger partial charge in [-0.1, -0.05) is 0 Å². The van der Waals surface area contributed by atoms with Gasteiger partial charge in [0.05, 0.1) is 19.8 Å². The van der Waals surface area contributed by atoms with Crippen LogP contribution in [0.1, 0.15) is 20.8 Å². The second-order valence-corrected chi connectivity index (χ2v) is 3.51. The third-order valence-corrected chi connectivity index (χ3v) is 1.14. The van der Waals surface area contributed by atoms with Crippen LogP contribution >= 0.6 is 0 Å². The van der Waals surface area contributed by atoms with E-state index < -0.39 is 0 Å². The average molecular weight is 161 g/mol. The van der Waals surface area contributed by atoms with Crippen LogP contribution in [0.4, 0.5) is 0 Å². The monoisotopic (exact) mass is 161 g/mol. The quantitative estimate of drug-likeness (QED) is 0.573. The van der Waals surface area contributed by atoms with Crippen LogP contribution < -0.4 is 5.32 Å². The Labute approximate surface area is 68.8 Å². The largest absolute Gasteiger partial charge is 0.394 e. The minimum atomic E-state index is 0.107. The summed E-state index contributed by atoms with van der Waals surface area (Å²) in [5.41, 5.74) is 0.155. The fourth-order valence-electron chi connectivity index (χ4n) is 0.665. The molecule has 0 aromatic carbocycles. The molecule has 2 N–H and O–H groups in total. The Morgan fingerprint density at radius 2 is 1.91 bits per heavy atom. The Morgan fingerprint density at radius 3 is 2.36 bits per heavy atom. The molecule has 0 saturated heterocycles. The molecule has 68 valence electrons. The summed E-state index contributed by atoms with van der Waals surface area (Å²) < 4.78 is 5.07. The molecule has 0 rings (SSSR count). The number of rotatable bonds is 5. The first-order chi connectivity index (χ1) is 5.06. The highest BCUT2D eigenvalue weighted by Crippen LogP contribution is 1.96. The molecular formula is C8H19NO2. The van der Waals surface area contributed by atoms with Gasteiger partial charge in [0.2, 0.25) is 0 Å². The van der Waals surface area contributed by atoms with Gasteiger partial charge in [0.1, 0.15) is 0 Å². The molecule has 0 aliphatic rings. The maximum atomic E-state index is 8.38. The van der Waals surface area contributed by atoms with Crippen molar-refractivity contribution in [2.75, 3.05) is 26.4 Å². The number of hydrogen-bond acceptors (Lipinski definition) is 3.